The Morgan fingerprint density at radius 2 is 1.87 bits per heavy atom. The summed E-state index contributed by atoms with van der Waals surface area (Å²) in [4.78, 5) is 25.3. The number of nitrogens with one attached hydrogen (secondary N) is 1. The Hall–Kier alpha value is -3.35. The second-order valence-electron chi connectivity index (χ2n) is 10.2. The molecule has 0 saturated heterocycles. The van der Waals surface area contributed by atoms with Gasteiger partial charge in [0.2, 0.25) is 0 Å². The van der Waals surface area contributed by atoms with E-state index in [0.717, 1.165) is 22.3 Å². The van der Waals surface area contributed by atoms with Crippen LogP contribution in [0.15, 0.2) is 47.1 Å². The first-order chi connectivity index (χ1) is 18.4. The van der Waals surface area contributed by atoms with Crippen molar-refractivity contribution >= 4 is 59.8 Å². The molecule has 0 saturated carbocycles. The van der Waals surface area contributed by atoms with Crippen LogP contribution in [0.2, 0.25) is 0 Å². The number of anilines is 2. The highest BCUT2D eigenvalue weighted by Gasteiger charge is 2.34. The van der Waals surface area contributed by atoms with Crippen molar-refractivity contribution < 1.29 is 22.7 Å². The molecule has 0 aliphatic rings. The number of hydrogen-bond acceptors (Lipinski definition) is 11. The number of hydrogen-bond donors (Lipinski definition) is 2. The first-order valence-corrected chi connectivity index (χ1v) is 15.0. The molecule has 0 spiro atoms. The predicted octanol–water partition coefficient (Wildman–Crippen LogP) is 4.85. The molecule has 0 fully saturated rings. The molecule has 2 atom stereocenters. The quantitative estimate of drug-likeness (QED) is 0.200. The Morgan fingerprint density at radius 3 is 2.59 bits per heavy atom. The third-order valence-electron chi connectivity index (χ3n) is 6.50. The molecule has 2 aromatic heterocycles. The van der Waals surface area contributed by atoms with E-state index in [2.05, 4.69) is 20.3 Å². The topological polar surface area (TPSA) is 146 Å². The average Bonchev–Trinajstić information content (AvgIpc) is 3.37. The van der Waals surface area contributed by atoms with Gasteiger partial charge in [0.15, 0.2) is 9.84 Å². The van der Waals surface area contributed by atoms with Crippen LogP contribution in [-0.2, 0) is 19.4 Å². The van der Waals surface area contributed by atoms with Gasteiger partial charge in [0.1, 0.15) is 42.0 Å². The summed E-state index contributed by atoms with van der Waals surface area (Å²) in [5, 5.41) is 3.77. The van der Waals surface area contributed by atoms with Crippen molar-refractivity contribution in [1.82, 2.24) is 15.0 Å². The minimum atomic E-state index is -3.84. The van der Waals surface area contributed by atoms with E-state index in [1.54, 1.807) is 43.7 Å². The van der Waals surface area contributed by atoms with Gasteiger partial charge in [0.05, 0.1) is 26.0 Å². The fourth-order valence-electron chi connectivity index (χ4n) is 3.76. The highest BCUT2D eigenvalue weighted by atomic mass is 32.2. The summed E-state index contributed by atoms with van der Waals surface area (Å²) in [7, 11) is -3.84. The lowest BCUT2D eigenvalue weighted by atomic mass is 10.0. The van der Waals surface area contributed by atoms with Crippen LogP contribution in [0.5, 0.6) is 5.75 Å². The number of benzene rings is 2. The van der Waals surface area contributed by atoms with Gasteiger partial charge in [0.25, 0.3) is 0 Å². The Morgan fingerprint density at radius 1 is 1.10 bits per heavy atom. The van der Waals surface area contributed by atoms with Crippen LogP contribution in [0, 0.1) is 5.92 Å². The summed E-state index contributed by atoms with van der Waals surface area (Å²) in [5.74, 6) is 0.0225. The van der Waals surface area contributed by atoms with Gasteiger partial charge < -0.3 is 20.5 Å². The van der Waals surface area contributed by atoms with Crippen LogP contribution >= 0.6 is 11.3 Å². The van der Waals surface area contributed by atoms with Gasteiger partial charge in [0, 0.05) is 17.1 Å². The van der Waals surface area contributed by atoms with Gasteiger partial charge in [-0.3, -0.25) is 4.79 Å². The summed E-state index contributed by atoms with van der Waals surface area (Å²) < 4.78 is 38.3. The Labute approximate surface area is 231 Å². The molecule has 208 valence electrons. The fraction of sp³-hybridized carbons (Fsp3) is 0.407. The van der Waals surface area contributed by atoms with Gasteiger partial charge >= 0.3 is 5.97 Å². The van der Waals surface area contributed by atoms with E-state index < -0.39 is 26.6 Å². The predicted molar refractivity (Wildman–Crippen MR) is 153 cm³/mol. The molecular formula is C27H33N5O5S2. The largest absolute Gasteiger partial charge is 0.489 e. The lowest BCUT2D eigenvalue weighted by Gasteiger charge is -2.22. The molecule has 4 aromatic rings. The molecule has 3 N–H and O–H groups in total. The highest BCUT2D eigenvalue weighted by Crippen LogP contribution is 2.37. The van der Waals surface area contributed by atoms with Crippen molar-refractivity contribution in [2.75, 3.05) is 18.5 Å². The number of sulfone groups is 1. The lowest BCUT2D eigenvalue weighted by molar-refractivity contribution is -0.147. The van der Waals surface area contributed by atoms with E-state index in [4.69, 9.17) is 15.2 Å². The first kappa shape index (κ1) is 28.7. The van der Waals surface area contributed by atoms with E-state index in [-0.39, 0.29) is 29.8 Å². The Balaban J connectivity index is 1.65. The number of nitrogens with two attached hydrogens (primary N) is 1. The second-order valence-corrected chi connectivity index (χ2v) is 13.8. The van der Waals surface area contributed by atoms with Crippen LogP contribution in [0.3, 0.4) is 0 Å². The maximum absolute atomic E-state index is 13.6. The number of carbonyl (C=O) groups excluding carboxylic acids is 1. The molecule has 0 unspecified atom stereocenters. The number of nitrogens with zero attached hydrogens (tertiary/aromatic N) is 3. The normalized spacial score (nSPS) is 13.8. The molecule has 4 rings (SSSR count). The molecule has 10 nitrogen and oxygen atoms in total. The van der Waals surface area contributed by atoms with E-state index in [0.29, 0.717) is 16.7 Å². The Bertz CT molecular complexity index is 1600. The van der Waals surface area contributed by atoms with E-state index >= 15 is 0 Å². The highest BCUT2D eigenvalue weighted by molar-refractivity contribution is 7.92. The van der Waals surface area contributed by atoms with Crippen molar-refractivity contribution in [3.05, 3.63) is 42.2 Å². The number of thiazole rings is 1. The number of carbonyl (C=O) groups is 1. The summed E-state index contributed by atoms with van der Waals surface area (Å²) in [5.41, 5.74) is 9.80. The molecule has 0 radical (unpaired) electrons. The molecule has 2 heterocycles. The maximum Gasteiger partial charge on any atom is 0.323 e. The standard InChI is InChI=1S/C27H33N5O5S2/c1-6-16(2)24(28)26(33)37-10-9-36-21-13-19-18(12-23(21)39(34,35)27(3,4)5)25(30-14-29-19)32-17-7-8-22-20(11-17)31-15-38-22/h7-8,11-16,24H,6,9-10,28H2,1-5H3,(H,29,30,32)/t16-,24-/m0/s1. The van der Waals surface area contributed by atoms with E-state index in [1.165, 1.54) is 12.4 Å². The van der Waals surface area contributed by atoms with Gasteiger partial charge in [-0.05, 0) is 51.0 Å². The zero-order valence-electron chi connectivity index (χ0n) is 22.6. The smallest absolute Gasteiger partial charge is 0.323 e. The second kappa shape index (κ2) is 11.4. The minimum absolute atomic E-state index is 0.00191. The molecular weight excluding hydrogens is 538 g/mol. The molecule has 2 aromatic carbocycles. The van der Waals surface area contributed by atoms with Crippen LogP contribution in [0.25, 0.3) is 21.1 Å². The van der Waals surface area contributed by atoms with Crippen molar-refractivity contribution in [3.8, 4) is 5.75 Å². The maximum atomic E-state index is 13.6. The number of esters is 1. The Kier molecular flexibility index (Phi) is 8.38. The molecule has 39 heavy (non-hydrogen) atoms. The zero-order chi connectivity index (χ0) is 28.4. The van der Waals surface area contributed by atoms with Crippen molar-refractivity contribution in [2.45, 2.75) is 56.7 Å². The number of rotatable bonds is 10. The minimum Gasteiger partial charge on any atom is -0.489 e. The van der Waals surface area contributed by atoms with Gasteiger partial charge in [-0.2, -0.15) is 0 Å². The van der Waals surface area contributed by atoms with Crippen LogP contribution in [0.1, 0.15) is 41.0 Å². The monoisotopic (exact) mass is 571 g/mol. The van der Waals surface area contributed by atoms with Crippen LogP contribution in [0.4, 0.5) is 11.5 Å². The van der Waals surface area contributed by atoms with E-state index in [9.17, 15) is 13.2 Å². The van der Waals surface area contributed by atoms with Crippen LogP contribution in [-0.4, -0.2) is 53.3 Å². The van der Waals surface area contributed by atoms with Gasteiger partial charge in [-0.15, -0.1) is 11.3 Å². The third-order valence-corrected chi connectivity index (χ3v) is 9.82. The fourth-order valence-corrected chi connectivity index (χ4v) is 5.74. The van der Waals surface area contributed by atoms with Gasteiger partial charge in [-0.25, -0.2) is 23.4 Å². The molecule has 0 amide bonds. The van der Waals surface area contributed by atoms with Crippen molar-refractivity contribution in [3.63, 3.8) is 0 Å². The first-order valence-electron chi connectivity index (χ1n) is 12.6. The summed E-state index contributed by atoms with van der Waals surface area (Å²) in [6.45, 7) is 8.56. The number of ether oxygens (including phenoxy) is 2. The molecule has 0 bridgehead atoms. The number of aromatic nitrogens is 3. The lowest BCUT2D eigenvalue weighted by Crippen LogP contribution is -2.38. The van der Waals surface area contributed by atoms with Crippen molar-refractivity contribution in [1.29, 1.82) is 0 Å². The van der Waals surface area contributed by atoms with Gasteiger partial charge in [-0.1, -0.05) is 20.3 Å². The molecule has 0 aliphatic heterocycles. The zero-order valence-corrected chi connectivity index (χ0v) is 24.2. The number of fused-ring (bicyclic) bond motifs is 2. The van der Waals surface area contributed by atoms with Crippen molar-refractivity contribution in [2.24, 2.45) is 11.7 Å². The third kappa shape index (κ3) is 6.13. The summed E-state index contributed by atoms with van der Waals surface area (Å²) >= 11 is 1.55. The summed E-state index contributed by atoms with van der Waals surface area (Å²) in [6.07, 6.45) is 2.14. The van der Waals surface area contributed by atoms with E-state index in [1.807, 2.05) is 32.0 Å². The molecule has 0 aliphatic carbocycles. The SMILES string of the molecule is CC[C@H](C)[C@H](N)C(=O)OCCOc1cc2ncnc(Nc3ccc4scnc4c3)c2cc1S(=O)(=O)C(C)(C)C. The average molecular weight is 572 g/mol. The molecule has 12 heteroatoms. The summed E-state index contributed by atoms with van der Waals surface area (Å²) in [6, 6.07) is 8.14. The van der Waals surface area contributed by atoms with Crippen LogP contribution < -0.4 is 15.8 Å².